The molecule has 0 aromatic heterocycles. The van der Waals surface area contributed by atoms with Crippen molar-refractivity contribution < 1.29 is 19.1 Å². The smallest absolute Gasteiger partial charge is 0.339 e. The molecule has 27 heavy (non-hydrogen) atoms. The molecule has 0 bridgehead atoms. The lowest BCUT2D eigenvalue weighted by Crippen LogP contribution is -2.15. The van der Waals surface area contributed by atoms with Crippen LogP contribution in [0.1, 0.15) is 93.4 Å². The van der Waals surface area contributed by atoms with E-state index in [-0.39, 0.29) is 11.1 Å². The second kappa shape index (κ2) is 13.3. The summed E-state index contributed by atoms with van der Waals surface area (Å²) in [7, 11) is 0. The van der Waals surface area contributed by atoms with E-state index in [1.54, 1.807) is 24.3 Å². The molecule has 0 aliphatic heterocycles. The number of unbranched alkanes of at least 4 members (excludes halogenated alkanes) is 4. The fraction of sp³-hybridized carbons (Fsp3) is 0.652. The molecular weight excluding hydrogens is 340 g/mol. The van der Waals surface area contributed by atoms with Crippen molar-refractivity contribution in [3.63, 3.8) is 0 Å². The van der Waals surface area contributed by atoms with E-state index in [2.05, 4.69) is 27.7 Å². The Kier molecular flexibility index (Phi) is 11.5. The topological polar surface area (TPSA) is 52.6 Å². The lowest BCUT2D eigenvalue weighted by atomic mass is 10.0. The summed E-state index contributed by atoms with van der Waals surface area (Å²) in [6, 6.07) is 6.69. The van der Waals surface area contributed by atoms with Crippen LogP contribution >= 0.6 is 0 Å². The first kappa shape index (κ1) is 23.2. The van der Waals surface area contributed by atoms with Gasteiger partial charge >= 0.3 is 11.9 Å². The van der Waals surface area contributed by atoms with Crippen molar-refractivity contribution in [2.75, 3.05) is 13.2 Å². The molecule has 0 heterocycles. The Morgan fingerprint density at radius 3 is 1.74 bits per heavy atom. The third kappa shape index (κ3) is 10.2. The third-order valence-electron chi connectivity index (χ3n) is 4.45. The van der Waals surface area contributed by atoms with Crippen molar-refractivity contribution in [3.05, 3.63) is 35.4 Å². The van der Waals surface area contributed by atoms with Crippen molar-refractivity contribution in [1.29, 1.82) is 0 Å². The Bertz CT molecular complexity index is 563. The molecule has 0 aliphatic carbocycles. The third-order valence-corrected chi connectivity index (χ3v) is 4.45. The normalized spacial score (nSPS) is 11.0. The molecule has 0 amide bonds. The molecule has 0 atom stereocenters. The highest BCUT2D eigenvalue weighted by atomic mass is 16.5. The zero-order valence-corrected chi connectivity index (χ0v) is 17.5. The van der Waals surface area contributed by atoms with E-state index in [0.717, 1.165) is 25.2 Å². The van der Waals surface area contributed by atoms with Crippen LogP contribution in [0.4, 0.5) is 0 Å². The number of hydrogen-bond donors (Lipinski definition) is 0. The van der Waals surface area contributed by atoms with E-state index in [9.17, 15) is 9.59 Å². The van der Waals surface area contributed by atoms with Gasteiger partial charge in [0.1, 0.15) is 0 Å². The molecule has 1 aromatic rings. The van der Waals surface area contributed by atoms with E-state index in [0.29, 0.717) is 19.1 Å². The number of carbonyl (C=O) groups is 2. The van der Waals surface area contributed by atoms with Gasteiger partial charge in [0.25, 0.3) is 0 Å². The average molecular weight is 377 g/mol. The molecule has 0 aliphatic rings. The molecule has 0 saturated heterocycles. The zero-order chi connectivity index (χ0) is 20.1. The monoisotopic (exact) mass is 376 g/mol. The van der Waals surface area contributed by atoms with Crippen LogP contribution in [0.3, 0.4) is 0 Å². The minimum absolute atomic E-state index is 0.278. The number of ether oxygens (including phenoxy) is 2. The van der Waals surface area contributed by atoms with Crippen LogP contribution < -0.4 is 0 Å². The molecule has 0 spiro atoms. The summed E-state index contributed by atoms with van der Waals surface area (Å²) < 4.78 is 10.6. The van der Waals surface area contributed by atoms with E-state index in [4.69, 9.17) is 9.47 Å². The second-order valence-electron chi connectivity index (χ2n) is 7.95. The molecule has 0 saturated carbocycles. The van der Waals surface area contributed by atoms with E-state index >= 15 is 0 Å². The summed E-state index contributed by atoms with van der Waals surface area (Å²) in [6.07, 6.45) is 7.66. The fourth-order valence-corrected chi connectivity index (χ4v) is 2.73. The molecule has 152 valence electrons. The van der Waals surface area contributed by atoms with Gasteiger partial charge in [-0.05, 0) is 36.8 Å². The number of benzene rings is 1. The van der Waals surface area contributed by atoms with Crippen LogP contribution in [-0.2, 0) is 9.47 Å². The predicted molar refractivity (Wildman–Crippen MR) is 109 cm³/mol. The Balaban J connectivity index is 2.37. The fourth-order valence-electron chi connectivity index (χ4n) is 2.73. The maximum Gasteiger partial charge on any atom is 0.339 e. The Labute approximate surface area is 164 Å². The first-order valence-electron chi connectivity index (χ1n) is 10.3. The van der Waals surface area contributed by atoms with Crippen LogP contribution in [0.15, 0.2) is 24.3 Å². The minimum Gasteiger partial charge on any atom is -0.462 e. The van der Waals surface area contributed by atoms with Crippen molar-refractivity contribution in [3.8, 4) is 0 Å². The van der Waals surface area contributed by atoms with E-state index in [1.165, 1.54) is 25.7 Å². The van der Waals surface area contributed by atoms with Crippen molar-refractivity contribution >= 4 is 11.9 Å². The zero-order valence-electron chi connectivity index (χ0n) is 17.5. The SMILES string of the molecule is CC(C)CCCCCCCOC(=O)c1ccccc1C(=O)OCCC(C)C. The van der Waals surface area contributed by atoms with Gasteiger partial charge in [-0.1, -0.05) is 71.9 Å². The number of rotatable bonds is 13. The summed E-state index contributed by atoms with van der Waals surface area (Å²) in [4.78, 5) is 24.6. The average Bonchev–Trinajstić information content (AvgIpc) is 2.63. The van der Waals surface area contributed by atoms with Crippen molar-refractivity contribution in [2.45, 2.75) is 72.6 Å². The summed E-state index contributed by atoms with van der Waals surface area (Å²) >= 11 is 0. The molecule has 4 nitrogen and oxygen atoms in total. The summed E-state index contributed by atoms with van der Waals surface area (Å²) in [5.41, 5.74) is 0.559. The lowest BCUT2D eigenvalue weighted by molar-refractivity contribution is 0.0445. The van der Waals surface area contributed by atoms with Gasteiger partial charge in [-0.25, -0.2) is 9.59 Å². The van der Waals surface area contributed by atoms with E-state index < -0.39 is 11.9 Å². The molecule has 0 N–H and O–H groups in total. The maximum atomic E-state index is 12.3. The summed E-state index contributed by atoms with van der Waals surface area (Å²) in [5.74, 6) is 0.311. The largest absolute Gasteiger partial charge is 0.462 e. The van der Waals surface area contributed by atoms with Crippen LogP contribution in [0.2, 0.25) is 0 Å². The van der Waals surface area contributed by atoms with Gasteiger partial charge < -0.3 is 9.47 Å². The van der Waals surface area contributed by atoms with Crippen molar-refractivity contribution in [1.82, 2.24) is 0 Å². The van der Waals surface area contributed by atoms with Gasteiger partial charge in [0.2, 0.25) is 0 Å². The summed E-state index contributed by atoms with van der Waals surface area (Å²) in [5, 5.41) is 0. The molecule has 4 heteroatoms. The lowest BCUT2D eigenvalue weighted by Gasteiger charge is -2.10. The Morgan fingerprint density at radius 1 is 0.704 bits per heavy atom. The maximum absolute atomic E-state index is 12.3. The number of hydrogen-bond acceptors (Lipinski definition) is 4. The molecule has 1 aromatic carbocycles. The van der Waals surface area contributed by atoms with E-state index in [1.807, 2.05) is 0 Å². The Hall–Kier alpha value is -1.84. The quantitative estimate of drug-likeness (QED) is 0.311. The first-order valence-corrected chi connectivity index (χ1v) is 10.3. The van der Waals surface area contributed by atoms with Gasteiger partial charge in [-0.2, -0.15) is 0 Å². The molecule has 0 fully saturated rings. The summed E-state index contributed by atoms with van der Waals surface area (Å²) in [6.45, 7) is 9.39. The highest BCUT2D eigenvalue weighted by Crippen LogP contribution is 2.14. The van der Waals surface area contributed by atoms with Gasteiger partial charge in [0, 0.05) is 0 Å². The van der Waals surface area contributed by atoms with Gasteiger partial charge in [-0.15, -0.1) is 0 Å². The molecule has 1 rings (SSSR count). The second-order valence-corrected chi connectivity index (χ2v) is 7.95. The highest BCUT2D eigenvalue weighted by molar-refractivity contribution is 6.03. The number of esters is 2. The Morgan fingerprint density at radius 2 is 1.19 bits per heavy atom. The number of carbonyl (C=O) groups excluding carboxylic acids is 2. The molecule has 0 unspecified atom stereocenters. The molecule has 0 radical (unpaired) electrons. The molecular formula is C23H36O4. The minimum atomic E-state index is -0.464. The van der Waals surface area contributed by atoms with Crippen LogP contribution in [0.25, 0.3) is 0 Å². The predicted octanol–water partition coefficient (Wildman–Crippen LogP) is 6.04. The van der Waals surface area contributed by atoms with Crippen molar-refractivity contribution in [2.24, 2.45) is 11.8 Å². The van der Waals surface area contributed by atoms with Gasteiger partial charge in [-0.3, -0.25) is 0 Å². The highest BCUT2D eigenvalue weighted by Gasteiger charge is 2.18. The van der Waals surface area contributed by atoms with Crippen LogP contribution in [0, 0.1) is 11.8 Å². The van der Waals surface area contributed by atoms with Crippen LogP contribution in [-0.4, -0.2) is 25.2 Å². The van der Waals surface area contributed by atoms with Crippen LogP contribution in [0.5, 0.6) is 0 Å². The van der Waals surface area contributed by atoms with Gasteiger partial charge in [0.15, 0.2) is 0 Å². The standard InChI is InChI=1S/C23H36O4/c1-18(2)12-8-6-5-7-11-16-26-22(24)20-13-9-10-14-21(20)23(25)27-17-15-19(3)4/h9-10,13-14,18-19H,5-8,11-12,15-17H2,1-4H3. The van der Waals surface area contributed by atoms with Gasteiger partial charge in [0.05, 0.1) is 24.3 Å². The first-order chi connectivity index (χ1) is 12.9.